The van der Waals surface area contributed by atoms with Crippen LogP contribution in [0.3, 0.4) is 0 Å². The number of H-pyrrole nitrogens is 1. The molecular formula is C11H13N3O4S2. The monoisotopic (exact) mass is 315 g/mol. The van der Waals surface area contributed by atoms with Crippen molar-refractivity contribution in [3.05, 3.63) is 36.0 Å². The smallest absolute Gasteiger partial charge is 0.278 e. The van der Waals surface area contributed by atoms with Crippen molar-refractivity contribution in [2.75, 3.05) is 11.0 Å². The molecule has 1 aromatic carbocycles. The predicted molar refractivity (Wildman–Crippen MR) is 73.7 cm³/mol. The standard InChI is InChI=1S/C11H13N3O4S2/c1-8-3-4-9(19(2,15)16)7-10(8)14-20(17,18)11-5-6-12-13-11/h3-7,14H,1-2H3,(H,12,13). The summed E-state index contributed by atoms with van der Waals surface area (Å²) in [6, 6.07) is 5.57. The largest absolute Gasteiger partial charge is 0.278 e. The fourth-order valence-electron chi connectivity index (χ4n) is 1.53. The topological polar surface area (TPSA) is 109 Å². The van der Waals surface area contributed by atoms with Crippen LogP contribution in [-0.4, -0.2) is 33.3 Å². The zero-order chi connectivity index (χ0) is 15.0. The summed E-state index contributed by atoms with van der Waals surface area (Å²) < 4.78 is 49.4. The Morgan fingerprint density at radius 1 is 1.15 bits per heavy atom. The molecule has 0 spiro atoms. The lowest BCUT2D eigenvalue weighted by molar-refractivity contribution is 0.596. The highest BCUT2D eigenvalue weighted by Gasteiger charge is 2.18. The minimum Gasteiger partial charge on any atom is -0.278 e. The summed E-state index contributed by atoms with van der Waals surface area (Å²) in [6.45, 7) is 1.68. The number of anilines is 1. The summed E-state index contributed by atoms with van der Waals surface area (Å²) in [4.78, 5) is 0.0467. The van der Waals surface area contributed by atoms with Gasteiger partial charge in [-0.2, -0.15) is 13.5 Å². The maximum absolute atomic E-state index is 12.0. The van der Waals surface area contributed by atoms with E-state index in [2.05, 4.69) is 14.9 Å². The summed E-state index contributed by atoms with van der Waals surface area (Å²) in [5.74, 6) is 0. The molecule has 2 N–H and O–H groups in total. The highest BCUT2D eigenvalue weighted by Crippen LogP contribution is 2.22. The number of hydrogen-bond donors (Lipinski definition) is 2. The molecule has 2 rings (SSSR count). The number of rotatable bonds is 4. The summed E-state index contributed by atoms with van der Waals surface area (Å²) in [5, 5.41) is 5.82. The van der Waals surface area contributed by atoms with E-state index in [4.69, 9.17) is 0 Å². The third kappa shape index (κ3) is 2.99. The fraction of sp³-hybridized carbons (Fsp3) is 0.182. The molecule has 0 saturated heterocycles. The van der Waals surface area contributed by atoms with Crippen molar-refractivity contribution >= 4 is 25.5 Å². The first-order valence-corrected chi connectivity index (χ1v) is 8.90. The molecule has 2 aromatic rings. The predicted octanol–water partition coefficient (Wildman–Crippen LogP) is 0.922. The normalized spacial score (nSPS) is 12.3. The second-order valence-electron chi connectivity index (χ2n) is 4.28. The van der Waals surface area contributed by atoms with Gasteiger partial charge in [-0.15, -0.1) is 0 Å². The van der Waals surface area contributed by atoms with E-state index >= 15 is 0 Å². The summed E-state index contributed by atoms with van der Waals surface area (Å²) in [5.41, 5.74) is 0.822. The number of aromatic amines is 1. The third-order valence-electron chi connectivity index (χ3n) is 2.65. The zero-order valence-electron chi connectivity index (χ0n) is 10.8. The van der Waals surface area contributed by atoms with Gasteiger partial charge in [0.1, 0.15) is 0 Å². The molecule has 0 fully saturated rings. The molecule has 7 nitrogen and oxygen atoms in total. The number of sulfone groups is 1. The van der Waals surface area contributed by atoms with Gasteiger partial charge in [0.25, 0.3) is 10.0 Å². The van der Waals surface area contributed by atoms with Gasteiger partial charge in [0, 0.05) is 6.26 Å². The van der Waals surface area contributed by atoms with Crippen molar-refractivity contribution < 1.29 is 16.8 Å². The molecule has 0 unspecified atom stereocenters. The first-order valence-electron chi connectivity index (χ1n) is 5.53. The fourth-order valence-corrected chi connectivity index (χ4v) is 3.21. The van der Waals surface area contributed by atoms with Crippen LogP contribution in [0.1, 0.15) is 5.56 Å². The van der Waals surface area contributed by atoms with Crippen LogP contribution >= 0.6 is 0 Å². The number of hydrogen-bond acceptors (Lipinski definition) is 5. The molecule has 108 valence electrons. The minimum absolute atomic E-state index is 0.0467. The van der Waals surface area contributed by atoms with Gasteiger partial charge in [0.15, 0.2) is 14.9 Å². The Hall–Kier alpha value is -1.87. The Kier molecular flexibility index (Phi) is 3.57. The van der Waals surface area contributed by atoms with Crippen molar-refractivity contribution in [1.82, 2.24) is 10.2 Å². The molecule has 0 bridgehead atoms. The second-order valence-corrected chi connectivity index (χ2v) is 7.94. The van der Waals surface area contributed by atoms with Gasteiger partial charge in [-0.3, -0.25) is 9.82 Å². The van der Waals surface area contributed by atoms with E-state index in [0.717, 1.165) is 6.26 Å². The number of benzene rings is 1. The molecule has 0 saturated carbocycles. The van der Waals surface area contributed by atoms with E-state index < -0.39 is 19.9 Å². The average Bonchev–Trinajstić information content (AvgIpc) is 2.84. The number of nitrogens with one attached hydrogen (secondary N) is 2. The van der Waals surface area contributed by atoms with Crippen LogP contribution in [0.15, 0.2) is 40.4 Å². The van der Waals surface area contributed by atoms with Crippen LogP contribution in [0.2, 0.25) is 0 Å². The van der Waals surface area contributed by atoms with Crippen molar-refractivity contribution in [3.63, 3.8) is 0 Å². The SMILES string of the molecule is Cc1ccc(S(C)(=O)=O)cc1NS(=O)(=O)c1ccn[nH]1. The molecule has 0 aliphatic rings. The summed E-state index contributed by atoms with van der Waals surface area (Å²) in [7, 11) is -7.22. The molecule has 1 aromatic heterocycles. The Balaban J connectivity index is 2.44. The van der Waals surface area contributed by atoms with E-state index in [-0.39, 0.29) is 15.6 Å². The van der Waals surface area contributed by atoms with E-state index in [1.807, 2.05) is 0 Å². The molecule has 0 amide bonds. The molecule has 0 aliphatic heterocycles. The number of aryl methyl sites for hydroxylation is 1. The quantitative estimate of drug-likeness (QED) is 0.872. The van der Waals surface area contributed by atoms with Gasteiger partial charge in [0.2, 0.25) is 0 Å². The summed E-state index contributed by atoms with van der Waals surface area (Å²) in [6.07, 6.45) is 2.37. The third-order valence-corrected chi connectivity index (χ3v) is 5.05. The van der Waals surface area contributed by atoms with E-state index in [1.165, 1.54) is 24.4 Å². The average molecular weight is 315 g/mol. The van der Waals surface area contributed by atoms with Crippen LogP contribution in [0.4, 0.5) is 5.69 Å². The van der Waals surface area contributed by atoms with Crippen LogP contribution in [0.5, 0.6) is 0 Å². The molecule has 9 heteroatoms. The van der Waals surface area contributed by atoms with Gasteiger partial charge in [-0.25, -0.2) is 8.42 Å². The van der Waals surface area contributed by atoms with Crippen LogP contribution < -0.4 is 4.72 Å². The first kappa shape index (κ1) is 14.5. The van der Waals surface area contributed by atoms with Crippen LogP contribution in [0.25, 0.3) is 0 Å². The Bertz CT molecular complexity index is 825. The van der Waals surface area contributed by atoms with Gasteiger partial charge in [0.05, 0.1) is 16.8 Å². The Morgan fingerprint density at radius 3 is 2.40 bits per heavy atom. The maximum Gasteiger partial charge on any atom is 0.278 e. The molecule has 1 heterocycles. The molecule has 20 heavy (non-hydrogen) atoms. The number of sulfonamides is 1. The van der Waals surface area contributed by atoms with Crippen LogP contribution in [-0.2, 0) is 19.9 Å². The minimum atomic E-state index is -3.82. The van der Waals surface area contributed by atoms with Gasteiger partial charge >= 0.3 is 0 Å². The zero-order valence-corrected chi connectivity index (χ0v) is 12.4. The van der Waals surface area contributed by atoms with E-state index in [0.29, 0.717) is 5.56 Å². The highest BCUT2D eigenvalue weighted by molar-refractivity contribution is 7.92. The van der Waals surface area contributed by atoms with E-state index in [1.54, 1.807) is 13.0 Å². The Labute approximate surface area is 117 Å². The second kappa shape index (κ2) is 4.91. The first-order chi connectivity index (χ1) is 9.20. The van der Waals surface area contributed by atoms with Crippen molar-refractivity contribution in [2.45, 2.75) is 16.8 Å². The van der Waals surface area contributed by atoms with Crippen molar-refractivity contribution in [1.29, 1.82) is 0 Å². The van der Waals surface area contributed by atoms with Crippen molar-refractivity contribution in [2.24, 2.45) is 0 Å². The molecule has 0 aliphatic carbocycles. The van der Waals surface area contributed by atoms with Gasteiger partial charge in [-0.1, -0.05) is 6.07 Å². The van der Waals surface area contributed by atoms with Gasteiger partial charge in [-0.05, 0) is 30.7 Å². The Morgan fingerprint density at radius 2 is 1.85 bits per heavy atom. The number of nitrogens with zero attached hydrogens (tertiary/aromatic N) is 1. The lowest BCUT2D eigenvalue weighted by Crippen LogP contribution is -2.14. The molecular weight excluding hydrogens is 302 g/mol. The molecule has 0 radical (unpaired) electrons. The summed E-state index contributed by atoms with van der Waals surface area (Å²) >= 11 is 0. The van der Waals surface area contributed by atoms with E-state index in [9.17, 15) is 16.8 Å². The molecule has 0 atom stereocenters. The maximum atomic E-state index is 12.0. The lowest BCUT2D eigenvalue weighted by atomic mass is 10.2. The lowest BCUT2D eigenvalue weighted by Gasteiger charge is -2.10. The van der Waals surface area contributed by atoms with Crippen LogP contribution in [0, 0.1) is 6.92 Å². The van der Waals surface area contributed by atoms with Gasteiger partial charge < -0.3 is 0 Å². The highest BCUT2D eigenvalue weighted by atomic mass is 32.2. The number of aromatic nitrogens is 2. The van der Waals surface area contributed by atoms with Crippen molar-refractivity contribution in [3.8, 4) is 0 Å².